The Balaban J connectivity index is 1.99. The number of thiocarbonyl (C=S) groups is 1. The summed E-state index contributed by atoms with van der Waals surface area (Å²) in [7, 11) is 0. The SMILES string of the molecule is CC1CCCC1CNc1ccc(C(N)=S)cc1Br. The van der Waals surface area contributed by atoms with Gasteiger partial charge in [0.2, 0.25) is 0 Å². The molecule has 4 heteroatoms. The molecule has 3 N–H and O–H groups in total. The van der Waals surface area contributed by atoms with Crippen molar-refractivity contribution in [1.82, 2.24) is 0 Å². The Morgan fingerprint density at radius 2 is 2.28 bits per heavy atom. The van der Waals surface area contributed by atoms with Gasteiger partial charge in [-0.15, -0.1) is 0 Å². The Hall–Kier alpha value is -0.610. The lowest BCUT2D eigenvalue weighted by Crippen LogP contribution is -2.17. The number of hydrogen-bond acceptors (Lipinski definition) is 2. The Labute approximate surface area is 122 Å². The van der Waals surface area contributed by atoms with Crippen LogP contribution in [0.15, 0.2) is 22.7 Å². The molecule has 1 aliphatic carbocycles. The maximum absolute atomic E-state index is 5.61. The molecule has 0 spiro atoms. The summed E-state index contributed by atoms with van der Waals surface area (Å²) in [5.74, 6) is 1.64. The van der Waals surface area contributed by atoms with Crippen molar-refractivity contribution < 1.29 is 0 Å². The average molecular weight is 327 g/mol. The summed E-state index contributed by atoms with van der Waals surface area (Å²) >= 11 is 8.53. The van der Waals surface area contributed by atoms with Crippen LogP contribution < -0.4 is 11.1 Å². The van der Waals surface area contributed by atoms with Crippen molar-refractivity contribution in [3.8, 4) is 0 Å². The second-order valence-electron chi connectivity index (χ2n) is 5.11. The van der Waals surface area contributed by atoms with Gasteiger partial charge in [-0.2, -0.15) is 0 Å². The van der Waals surface area contributed by atoms with Gasteiger partial charge in [0, 0.05) is 22.3 Å². The van der Waals surface area contributed by atoms with Crippen LogP contribution in [0.1, 0.15) is 31.7 Å². The number of hydrogen-bond donors (Lipinski definition) is 2. The smallest absolute Gasteiger partial charge is 0.104 e. The summed E-state index contributed by atoms with van der Waals surface area (Å²) in [5, 5.41) is 3.52. The summed E-state index contributed by atoms with van der Waals surface area (Å²) in [5.41, 5.74) is 7.63. The van der Waals surface area contributed by atoms with E-state index in [1.165, 1.54) is 19.3 Å². The fourth-order valence-electron chi connectivity index (χ4n) is 2.58. The Morgan fingerprint density at radius 1 is 1.50 bits per heavy atom. The van der Waals surface area contributed by atoms with Gasteiger partial charge in [-0.1, -0.05) is 32.0 Å². The zero-order valence-corrected chi connectivity index (χ0v) is 13.0. The monoisotopic (exact) mass is 326 g/mol. The highest BCUT2D eigenvalue weighted by Crippen LogP contribution is 2.32. The molecule has 0 aliphatic heterocycles. The lowest BCUT2D eigenvalue weighted by molar-refractivity contribution is 0.439. The third kappa shape index (κ3) is 3.23. The molecule has 1 aromatic rings. The summed E-state index contributed by atoms with van der Waals surface area (Å²) < 4.78 is 1.03. The molecule has 2 atom stereocenters. The van der Waals surface area contributed by atoms with Gasteiger partial charge in [0.15, 0.2) is 0 Å². The molecule has 0 heterocycles. The van der Waals surface area contributed by atoms with Crippen LogP contribution in [0, 0.1) is 11.8 Å². The van der Waals surface area contributed by atoms with Gasteiger partial charge >= 0.3 is 0 Å². The number of rotatable bonds is 4. The fourth-order valence-corrected chi connectivity index (χ4v) is 3.22. The zero-order chi connectivity index (χ0) is 13.1. The molecule has 0 aromatic heterocycles. The van der Waals surface area contributed by atoms with E-state index in [1.807, 2.05) is 18.2 Å². The second-order valence-corrected chi connectivity index (χ2v) is 6.40. The van der Waals surface area contributed by atoms with Gasteiger partial charge in [0.25, 0.3) is 0 Å². The maximum Gasteiger partial charge on any atom is 0.104 e. The minimum Gasteiger partial charge on any atom is -0.389 e. The molecular weight excluding hydrogens is 308 g/mol. The molecule has 1 fully saturated rings. The first-order valence-corrected chi connectivity index (χ1v) is 7.61. The molecular formula is C14H19BrN2S. The van der Waals surface area contributed by atoms with Crippen LogP contribution in [0.25, 0.3) is 0 Å². The van der Waals surface area contributed by atoms with Crippen LogP contribution in [0.3, 0.4) is 0 Å². The average Bonchev–Trinajstić information content (AvgIpc) is 2.73. The van der Waals surface area contributed by atoms with Gasteiger partial charge in [-0.3, -0.25) is 0 Å². The second kappa shape index (κ2) is 6.02. The van der Waals surface area contributed by atoms with E-state index in [9.17, 15) is 0 Å². The van der Waals surface area contributed by atoms with Crippen LogP contribution in [0.2, 0.25) is 0 Å². The summed E-state index contributed by atoms with van der Waals surface area (Å²) in [6.07, 6.45) is 4.08. The quantitative estimate of drug-likeness (QED) is 0.823. The van der Waals surface area contributed by atoms with Crippen molar-refractivity contribution >= 4 is 38.8 Å². The Morgan fingerprint density at radius 3 is 2.83 bits per heavy atom. The van der Waals surface area contributed by atoms with E-state index in [1.54, 1.807) is 0 Å². The van der Waals surface area contributed by atoms with Crippen LogP contribution >= 0.6 is 28.1 Å². The molecule has 18 heavy (non-hydrogen) atoms. The third-order valence-corrected chi connectivity index (χ3v) is 4.74. The summed E-state index contributed by atoms with van der Waals surface area (Å²) in [6.45, 7) is 3.40. The molecule has 2 unspecified atom stereocenters. The first-order chi connectivity index (χ1) is 8.58. The minimum atomic E-state index is 0.437. The number of benzene rings is 1. The van der Waals surface area contributed by atoms with E-state index in [2.05, 4.69) is 28.2 Å². The highest BCUT2D eigenvalue weighted by molar-refractivity contribution is 9.10. The molecule has 0 amide bonds. The van der Waals surface area contributed by atoms with Crippen LogP contribution in [0.5, 0.6) is 0 Å². The normalized spacial score (nSPS) is 23.0. The van der Waals surface area contributed by atoms with Crippen LogP contribution in [-0.2, 0) is 0 Å². The fraction of sp³-hybridized carbons (Fsp3) is 0.500. The molecule has 0 radical (unpaired) electrons. The van der Waals surface area contributed by atoms with E-state index in [-0.39, 0.29) is 0 Å². The Bertz CT molecular complexity index is 447. The molecule has 1 saturated carbocycles. The number of halogens is 1. The van der Waals surface area contributed by atoms with Gasteiger partial charge in [0.1, 0.15) is 4.99 Å². The molecule has 1 aliphatic rings. The van der Waals surface area contributed by atoms with E-state index < -0.39 is 0 Å². The maximum atomic E-state index is 5.61. The predicted octanol–water partition coefficient (Wildman–Crippen LogP) is 3.93. The summed E-state index contributed by atoms with van der Waals surface area (Å²) in [6, 6.07) is 5.98. The highest BCUT2D eigenvalue weighted by Gasteiger charge is 2.22. The van der Waals surface area contributed by atoms with Crippen molar-refractivity contribution in [3.63, 3.8) is 0 Å². The minimum absolute atomic E-state index is 0.437. The van der Waals surface area contributed by atoms with Crippen molar-refractivity contribution in [2.45, 2.75) is 26.2 Å². The lowest BCUT2D eigenvalue weighted by atomic mass is 9.98. The molecule has 2 nitrogen and oxygen atoms in total. The van der Waals surface area contributed by atoms with Crippen molar-refractivity contribution in [1.29, 1.82) is 0 Å². The number of nitrogens with two attached hydrogens (primary N) is 1. The molecule has 0 saturated heterocycles. The van der Waals surface area contributed by atoms with Crippen molar-refractivity contribution in [2.75, 3.05) is 11.9 Å². The third-order valence-electron chi connectivity index (χ3n) is 3.85. The molecule has 0 bridgehead atoms. The van der Waals surface area contributed by atoms with Crippen molar-refractivity contribution in [2.24, 2.45) is 17.6 Å². The zero-order valence-electron chi connectivity index (χ0n) is 10.6. The standard InChI is InChI=1S/C14H19BrN2S/c1-9-3-2-4-11(9)8-17-13-6-5-10(14(16)18)7-12(13)15/h5-7,9,11,17H,2-4,8H2,1H3,(H2,16,18). The first-order valence-electron chi connectivity index (χ1n) is 6.41. The number of anilines is 1. The van der Waals surface area contributed by atoms with Gasteiger partial charge in [-0.25, -0.2) is 0 Å². The van der Waals surface area contributed by atoms with Gasteiger partial charge in [-0.05, 0) is 52.4 Å². The van der Waals surface area contributed by atoms with Crippen LogP contribution in [0.4, 0.5) is 5.69 Å². The van der Waals surface area contributed by atoms with E-state index >= 15 is 0 Å². The van der Waals surface area contributed by atoms with Crippen molar-refractivity contribution in [3.05, 3.63) is 28.2 Å². The highest BCUT2D eigenvalue weighted by atomic mass is 79.9. The molecule has 1 aromatic carbocycles. The lowest BCUT2D eigenvalue weighted by Gasteiger charge is -2.17. The largest absolute Gasteiger partial charge is 0.389 e. The van der Waals surface area contributed by atoms with E-state index in [4.69, 9.17) is 18.0 Å². The molecule has 98 valence electrons. The summed E-state index contributed by atoms with van der Waals surface area (Å²) in [4.78, 5) is 0.437. The van der Waals surface area contributed by atoms with Crippen LogP contribution in [-0.4, -0.2) is 11.5 Å². The van der Waals surface area contributed by atoms with Gasteiger partial charge < -0.3 is 11.1 Å². The topological polar surface area (TPSA) is 38.0 Å². The first kappa shape index (κ1) is 13.8. The predicted molar refractivity (Wildman–Crippen MR) is 85.0 cm³/mol. The molecule has 2 rings (SSSR count). The number of nitrogens with one attached hydrogen (secondary N) is 1. The van der Waals surface area contributed by atoms with E-state index in [0.29, 0.717) is 4.99 Å². The van der Waals surface area contributed by atoms with Gasteiger partial charge in [0.05, 0.1) is 0 Å². The van der Waals surface area contributed by atoms with E-state index in [0.717, 1.165) is 34.1 Å². The Kier molecular flexibility index (Phi) is 4.62.